The van der Waals surface area contributed by atoms with E-state index in [2.05, 4.69) is 51.7 Å². The van der Waals surface area contributed by atoms with Gasteiger partial charge in [-0.15, -0.1) is 0 Å². The first-order chi connectivity index (χ1) is 18.5. The van der Waals surface area contributed by atoms with Crippen molar-refractivity contribution >= 4 is 34.3 Å². The largest absolute Gasteiger partial charge is 0.369 e. The molecule has 0 atom stereocenters. The Hall–Kier alpha value is -4.28. The van der Waals surface area contributed by atoms with Crippen molar-refractivity contribution in [2.24, 2.45) is 0 Å². The lowest BCUT2D eigenvalue weighted by molar-refractivity contribution is 0.0536. The fourth-order valence-corrected chi connectivity index (χ4v) is 4.54. The number of likely N-dealkylation sites (N-methyl/N-ethyl adjacent to an activating group) is 1. The third-order valence-corrected chi connectivity index (χ3v) is 6.78. The molecular weight excluding hydrogens is 482 g/mol. The lowest BCUT2D eigenvalue weighted by Crippen LogP contribution is -2.44. The van der Waals surface area contributed by atoms with Crippen molar-refractivity contribution in [2.45, 2.75) is 13.3 Å². The smallest absolute Gasteiger partial charge is 0.280 e. The van der Waals surface area contributed by atoms with E-state index in [1.54, 1.807) is 4.57 Å². The maximum atomic E-state index is 13.2. The molecule has 1 aliphatic rings. The molecule has 2 aromatic heterocycles. The maximum absolute atomic E-state index is 13.2. The van der Waals surface area contributed by atoms with Gasteiger partial charge in [-0.2, -0.15) is 4.98 Å². The predicted octanol–water partition coefficient (Wildman–Crippen LogP) is 3.13. The van der Waals surface area contributed by atoms with Crippen molar-refractivity contribution in [2.75, 3.05) is 50.6 Å². The van der Waals surface area contributed by atoms with Crippen molar-refractivity contribution in [3.8, 4) is 5.69 Å². The van der Waals surface area contributed by atoms with Crippen molar-refractivity contribution < 1.29 is 9.63 Å². The summed E-state index contributed by atoms with van der Waals surface area (Å²) < 4.78 is 1.73. The summed E-state index contributed by atoms with van der Waals surface area (Å²) in [7, 11) is 3.46. The summed E-state index contributed by atoms with van der Waals surface area (Å²) in [5, 5.41) is 3.51. The van der Waals surface area contributed by atoms with Gasteiger partial charge >= 0.3 is 0 Å². The Morgan fingerprint density at radius 3 is 2.53 bits per heavy atom. The van der Waals surface area contributed by atoms with Crippen LogP contribution < -0.4 is 21.1 Å². The first-order valence-electron chi connectivity index (χ1n) is 12.6. The Morgan fingerprint density at radius 2 is 1.82 bits per heavy atom. The van der Waals surface area contributed by atoms with Crippen LogP contribution >= 0.6 is 0 Å². The molecule has 2 aromatic carbocycles. The van der Waals surface area contributed by atoms with Crippen LogP contribution in [-0.2, 0) is 11.3 Å². The zero-order valence-corrected chi connectivity index (χ0v) is 21.8. The van der Waals surface area contributed by atoms with Crippen LogP contribution in [0, 0.1) is 0 Å². The van der Waals surface area contributed by atoms with Crippen LogP contribution in [-0.4, -0.2) is 65.7 Å². The third kappa shape index (κ3) is 5.22. The number of benzene rings is 2. The molecule has 0 bridgehead atoms. The molecule has 2 N–H and O–H groups in total. The van der Waals surface area contributed by atoms with Gasteiger partial charge in [0.05, 0.1) is 12.5 Å². The van der Waals surface area contributed by atoms with Crippen LogP contribution in [0.3, 0.4) is 0 Å². The number of piperazine rings is 1. The molecule has 196 valence electrons. The number of carbonyl (C=O) groups is 1. The number of hydrogen-bond acceptors (Lipinski definition) is 8. The number of nitrogens with one attached hydrogen (secondary N) is 2. The molecule has 0 saturated carbocycles. The number of pyridine rings is 1. The summed E-state index contributed by atoms with van der Waals surface area (Å²) in [5.41, 5.74) is 6.00. The van der Waals surface area contributed by atoms with Crippen LogP contribution in [0.1, 0.15) is 22.8 Å². The van der Waals surface area contributed by atoms with Gasteiger partial charge in [-0.1, -0.05) is 25.1 Å². The maximum Gasteiger partial charge on any atom is 0.280 e. The molecule has 0 radical (unpaired) electrons. The zero-order valence-electron chi connectivity index (χ0n) is 21.8. The quantitative estimate of drug-likeness (QED) is 0.363. The van der Waals surface area contributed by atoms with Gasteiger partial charge in [0.15, 0.2) is 5.65 Å². The number of rotatable bonds is 7. The molecule has 3 heterocycles. The van der Waals surface area contributed by atoms with Gasteiger partial charge in [-0.3, -0.25) is 14.4 Å². The number of anilines is 3. The Balaban J connectivity index is 1.54. The molecule has 1 aliphatic heterocycles. The number of aromatic nitrogens is 3. The Labute approximate surface area is 220 Å². The highest BCUT2D eigenvalue weighted by molar-refractivity contribution is 5.96. The monoisotopic (exact) mass is 513 g/mol. The van der Waals surface area contributed by atoms with Gasteiger partial charge in [0.2, 0.25) is 11.4 Å². The highest BCUT2D eigenvalue weighted by atomic mass is 16.6. The number of amides is 1. The molecule has 5 rings (SSSR count). The summed E-state index contributed by atoms with van der Waals surface area (Å²) >= 11 is 0. The van der Waals surface area contributed by atoms with E-state index in [0.29, 0.717) is 11.6 Å². The highest BCUT2D eigenvalue weighted by Gasteiger charge is 2.19. The summed E-state index contributed by atoms with van der Waals surface area (Å²) in [4.78, 5) is 44.3. The van der Waals surface area contributed by atoms with E-state index >= 15 is 0 Å². The topological polar surface area (TPSA) is 105 Å². The van der Waals surface area contributed by atoms with Gasteiger partial charge < -0.3 is 19.7 Å². The fraction of sp³-hybridized carbons (Fsp3) is 0.286. The zero-order chi connectivity index (χ0) is 26.6. The second-order valence-corrected chi connectivity index (χ2v) is 9.29. The normalized spacial score (nSPS) is 14.0. The van der Waals surface area contributed by atoms with Gasteiger partial charge in [-0.05, 0) is 49.4 Å². The predicted molar refractivity (Wildman–Crippen MR) is 148 cm³/mol. The average molecular weight is 514 g/mol. The molecule has 0 unspecified atom stereocenters. The van der Waals surface area contributed by atoms with Gasteiger partial charge in [0.25, 0.3) is 5.91 Å². The van der Waals surface area contributed by atoms with E-state index in [1.807, 2.05) is 36.4 Å². The van der Waals surface area contributed by atoms with Crippen LogP contribution in [0.5, 0.6) is 0 Å². The molecule has 4 aromatic rings. The van der Waals surface area contributed by atoms with Crippen molar-refractivity contribution in [1.82, 2.24) is 24.9 Å². The Morgan fingerprint density at radius 1 is 1.05 bits per heavy atom. The summed E-state index contributed by atoms with van der Waals surface area (Å²) in [6.45, 7) is 6.06. The van der Waals surface area contributed by atoms with E-state index in [9.17, 15) is 9.59 Å². The number of hydroxylamine groups is 1. The molecule has 0 spiro atoms. The summed E-state index contributed by atoms with van der Waals surface area (Å²) in [5.74, 6) is -0.290. The van der Waals surface area contributed by atoms with E-state index in [1.165, 1.54) is 25.1 Å². The first kappa shape index (κ1) is 25.4. The second-order valence-electron chi connectivity index (χ2n) is 9.29. The van der Waals surface area contributed by atoms with Crippen molar-refractivity contribution in [3.05, 3.63) is 82.3 Å². The minimum Gasteiger partial charge on any atom is -0.369 e. The molecule has 1 amide bonds. The Bertz CT molecular complexity index is 1510. The number of fused-ring (bicyclic) bond motifs is 1. The minimum atomic E-state index is -0.638. The van der Waals surface area contributed by atoms with E-state index in [-0.39, 0.29) is 10.9 Å². The van der Waals surface area contributed by atoms with Crippen molar-refractivity contribution in [3.63, 3.8) is 0 Å². The number of hydrogen-bond donors (Lipinski definition) is 2. The van der Waals surface area contributed by atoms with Crippen LogP contribution in [0.15, 0.2) is 65.7 Å². The number of aryl methyl sites for hydroxylation is 1. The second kappa shape index (κ2) is 11.0. The van der Waals surface area contributed by atoms with Gasteiger partial charge in [0.1, 0.15) is 5.56 Å². The number of nitrogens with zero attached hydrogens (tertiary/aromatic N) is 5. The van der Waals surface area contributed by atoms with E-state index in [4.69, 9.17) is 9.82 Å². The standard InChI is InChI=1S/C28H31N7O3/c1-4-19-8-10-21(11-9-19)35-18-24(27(37)32-38-3)25(36)23-17-29-28(31-26(23)35)30-20-6-5-7-22(16-20)34-14-12-33(2)13-15-34/h5-11,16-18H,4,12-15H2,1-3H3,(H,32,37)(H,29,30,31). The summed E-state index contributed by atoms with van der Waals surface area (Å²) in [6.07, 6.45) is 3.85. The Kier molecular flexibility index (Phi) is 7.34. The van der Waals surface area contributed by atoms with Crippen LogP contribution in [0.25, 0.3) is 16.7 Å². The fourth-order valence-electron chi connectivity index (χ4n) is 4.54. The van der Waals surface area contributed by atoms with Gasteiger partial charge in [-0.25, -0.2) is 10.5 Å². The third-order valence-electron chi connectivity index (χ3n) is 6.78. The number of carbonyl (C=O) groups excluding carboxylic acids is 1. The molecule has 10 nitrogen and oxygen atoms in total. The minimum absolute atomic E-state index is 0.0666. The molecule has 38 heavy (non-hydrogen) atoms. The first-order valence-corrected chi connectivity index (χ1v) is 12.6. The van der Waals surface area contributed by atoms with E-state index < -0.39 is 11.3 Å². The average Bonchev–Trinajstić information content (AvgIpc) is 2.94. The molecular formula is C28H31N7O3. The summed E-state index contributed by atoms with van der Waals surface area (Å²) in [6, 6.07) is 16.0. The molecule has 10 heteroatoms. The van der Waals surface area contributed by atoms with Crippen LogP contribution in [0.2, 0.25) is 0 Å². The van der Waals surface area contributed by atoms with Gasteiger partial charge in [0, 0.05) is 55.6 Å². The van der Waals surface area contributed by atoms with Crippen molar-refractivity contribution in [1.29, 1.82) is 0 Å². The SMILES string of the molecule is CCc1ccc(-n2cc(C(=O)NOC)c(=O)c3cnc(Nc4cccc(N5CCN(C)CC5)c4)nc32)cc1. The van der Waals surface area contributed by atoms with Crippen LogP contribution in [0.4, 0.5) is 17.3 Å². The lowest BCUT2D eigenvalue weighted by Gasteiger charge is -2.34. The molecule has 1 saturated heterocycles. The lowest BCUT2D eigenvalue weighted by atomic mass is 10.1. The van der Waals surface area contributed by atoms with E-state index in [0.717, 1.165) is 49.7 Å². The molecule has 1 fully saturated rings. The highest BCUT2D eigenvalue weighted by Crippen LogP contribution is 2.24. The molecule has 0 aliphatic carbocycles.